The predicted molar refractivity (Wildman–Crippen MR) is 79.9 cm³/mol. The van der Waals surface area contributed by atoms with Gasteiger partial charge in [0.2, 0.25) is 0 Å². The third-order valence-corrected chi connectivity index (χ3v) is 4.24. The SMILES string of the molecule is CSc1ccc(C(=O)c2ccccc2SC)cc1. The van der Waals surface area contributed by atoms with E-state index in [4.69, 9.17) is 0 Å². The summed E-state index contributed by atoms with van der Waals surface area (Å²) in [4.78, 5) is 14.6. The zero-order chi connectivity index (χ0) is 13.0. The number of benzene rings is 2. The van der Waals surface area contributed by atoms with Gasteiger partial charge in [0.25, 0.3) is 0 Å². The fraction of sp³-hybridized carbons (Fsp3) is 0.133. The van der Waals surface area contributed by atoms with E-state index in [1.165, 1.54) is 4.90 Å². The van der Waals surface area contributed by atoms with Crippen LogP contribution in [0.4, 0.5) is 0 Å². The molecule has 0 unspecified atom stereocenters. The summed E-state index contributed by atoms with van der Waals surface area (Å²) in [5.74, 6) is 0.0904. The second kappa shape index (κ2) is 6.12. The van der Waals surface area contributed by atoms with Gasteiger partial charge in [-0.2, -0.15) is 0 Å². The highest BCUT2D eigenvalue weighted by molar-refractivity contribution is 7.98. The van der Waals surface area contributed by atoms with E-state index in [9.17, 15) is 4.79 Å². The maximum atomic E-state index is 12.4. The molecule has 0 saturated carbocycles. The van der Waals surface area contributed by atoms with Crippen LogP contribution in [-0.2, 0) is 0 Å². The molecular formula is C15H14OS2. The van der Waals surface area contributed by atoms with Crippen molar-refractivity contribution in [2.75, 3.05) is 12.5 Å². The van der Waals surface area contributed by atoms with Crippen molar-refractivity contribution in [3.63, 3.8) is 0 Å². The molecule has 0 amide bonds. The number of carbonyl (C=O) groups excluding carboxylic acids is 1. The first-order valence-electron chi connectivity index (χ1n) is 5.58. The summed E-state index contributed by atoms with van der Waals surface area (Å²) in [5, 5.41) is 0. The highest BCUT2D eigenvalue weighted by Crippen LogP contribution is 2.23. The molecule has 18 heavy (non-hydrogen) atoms. The summed E-state index contributed by atoms with van der Waals surface area (Å²) in [7, 11) is 0. The third kappa shape index (κ3) is 2.79. The van der Waals surface area contributed by atoms with Crippen LogP contribution in [0.3, 0.4) is 0 Å². The fourth-order valence-electron chi connectivity index (χ4n) is 1.73. The maximum absolute atomic E-state index is 12.4. The summed E-state index contributed by atoms with van der Waals surface area (Å²) < 4.78 is 0. The van der Waals surface area contributed by atoms with Crippen LogP contribution in [0.2, 0.25) is 0 Å². The third-order valence-electron chi connectivity index (χ3n) is 2.70. The van der Waals surface area contributed by atoms with E-state index in [2.05, 4.69) is 0 Å². The van der Waals surface area contributed by atoms with E-state index in [1.807, 2.05) is 61.0 Å². The highest BCUT2D eigenvalue weighted by atomic mass is 32.2. The molecule has 0 fully saturated rings. The molecule has 0 saturated heterocycles. The Hall–Kier alpha value is -1.19. The molecular weight excluding hydrogens is 260 g/mol. The number of hydrogen-bond donors (Lipinski definition) is 0. The van der Waals surface area contributed by atoms with Crippen LogP contribution in [-0.4, -0.2) is 18.3 Å². The van der Waals surface area contributed by atoms with E-state index >= 15 is 0 Å². The van der Waals surface area contributed by atoms with Crippen LogP contribution in [0.15, 0.2) is 58.3 Å². The number of thioether (sulfide) groups is 2. The van der Waals surface area contributed by atoms with Crippen molar-refractivity contribution in [2.45, 2.75) is 9.79 Å². The molecule has 1 nitrogen and oxygen atoms in total. The van der Waals surface area contributed by atoms with Crippen molar-refractivity contribution < 1.29 is 4.79 Å². The molecule has 0 aromatic heterocycles. The first kappa shape index (κ1) is 13.2. The van der Waals surface area contributed by atoms with Gasteiger partial charge in [0.15, 0.2) is 5.78 Å². The topological polar surface area (TPSA) is 17.1 Å². The lowest BCUT2D eigenvalue weighted by Crippen LogP contribution is -2.02. The number of ketones is 1. The van der Waals surface area contributed by atoms with Gasteiger partial charge in [0.1, 0.15) is 0 Å². The Kier molecular flexibility index (Phi) is 4.50. The molecule has 2 aromatic carbocycles. The lowest BCUT2D eigenvalue weighted by molar-refractivity contribution is 0.103. The van der Waals surface area contributed by atoms with E-state index < -0.39 is 0 Å². The standard InChI is InChI=1S/C15H14OS2/c1-17-12-9-7-11(8-10-12)15(16)13-5-3-4-6-14(13)18-2/h3-10H,1-2H3. The van der Waals surface area contributed by atoms with Gasteiger partial charge >= 0.3 is 0 Å². The van der Waals surface area contributed by atoms with Crippen LogP contribution in [0.5, 0.6) is 0 Å². The predicted octanol–water partition coefficient (Wildman–Crippen LogP) is 4.36. The lowest BCUT2D eigenvalue weighted by Gasteiger charge is -2.06. The number of carbonyl (C=O) groups is 1. The summed E-state index contributed by atoms with van der Waals surface area (Å²) in [5.41, 5.74) is 1.52. The molecule has 0 atom stereocenters. The van der Waals surface area contributed by atoms with Gasteiger partial charge in [0, 0.05) is 20.9 Å². The van der Waals surface area contributed by atoms with Crippen molar-refractivity contribution in [1.29, 1.82) is 0 Å². The molecule has 0 heterocycles. The molecule has 0 bridgehead atoms. The molecule has 0 aliphatic carbocycles. The number of rotatable bonds is 4. The van der Waals surface area contributed by atoms with Gasteiger partial charge in [-0.15, -0.1) is 23.5 Å². The fourth-order valence-corrected chi connectivity index (χ4v) is 2.73. The van der Waals surface area contributed by atoms with E-state index in [-0.39, 0.29) is 5.78 Å². The summed E-state index contributed by atoms with van der Waals surface area (Å²) in [6.07, 6.45) is 4.02. The summed E-state index contributed by atoms with van der Waals surface area (Å²) >= 11 is 3.28. The molecule has 2 rings (SSSR count). The first-order valence-corrected chi connectivity index (χ1v) is 8.03. The van der Waals surface area contributed by atoms with Crippen LogP contribution >= 0.6 is 23.5 Å². The van der Waals surface area contributed by atoms with Gasteiger partial charge in [-0.25, -0.2) is 0 Å². The molecule has 0 N–H and O–H groups in total. The van der Waals surface area contributed by atoms with Crippen molar-refractivity contribution >= 4 is 29.3 Å². The molecule has 0 aliphatic rings. The average molecular weight is 274 g/mol. The van der Waals surface area contributed by atoms with Crippen LogP contribution in [0, 0.1) is 0 Å². The minimum absolute atomic E-state index is 0.0904. The van der Waals surface area contributed by atoms with Crippen molar-refractivity contribution in [3.05, 3.63) is 59.7 Å². The summed E-state index contributed by atoms with van der Waals surface area (Å²) in [6.45, 7) is 0. The molecule has 2 aromatic rings. The highest BCUT2D eigenvalue weighted by Gasteiger charge is 2.12. The van der Waals surface area contributed by atoms with E-state index in [1.54, 1.807) is 23.5 Å². The largest absolute Gasteiger partial charge is 0.289 e. The molecule has 0 radical (unpaired) electrons. The first-order chi connectivity index (χ1) is 8.76. The normalized spacial score (nSPS) is 10.3. The Bertz CT molecular complexity index is 547. The van der Waals surface area contributed by atoms with Crippen molar-refractivity contribution in [1.82, 2.24) is 0 Å². The van der Waals surface area contributed by atoms with Crippen LogP contribution in [0.25, 0.3) is 0 Å². The van der Waals surface area contributed by atoms with Crippen molar-refractivity contribution in [3.8, 4) is 0 Å². The Morgan fingerprint density at radius 3 is 2.17 bits per heavy atom. The van der Waals surface area contributed by atoms with Crippen LogP contribution < -0.4 is 0 Å². The van der Waals surface area contributed by atoms with Crippen molar-refractivity contribution in [2.24, 2.45) is 0 Å². The zero-order valence-corrected chi connectivity index (χ0v) is 12.0. The quantitative estimate of drug-likeness (QED) is 0.609. The van der Waals surface area contributed by atoms with Gasteiger partial charge in [-0.05, 0) is 48.9 Å². The Morgan fingerprint density at radius 1 is 0.889 bits per heavy atom. The Balaban J connectivity index is 2.35. The van der Waals surface area contributed by atoms with Gasteiger partial charge in [-0.1, -0.05) is 12.1 Å². The second-order valence-corrected chi connectivity index (χ2v) is 5.49. The maximum Gasteiger partial charge on any atom is 0.194 e. The second-order valence-electron chi connectivity index (χ2n) is 3.76. The lowest BCUT2D eigenvalue weighted by atomic mass is 10.0. The Morgan fingerprint density at radius 2 is 1.56 bits per heavy atom. The van der Waals surface area contributed by atoms with Gasteiger partial charge in [-0.3, -0.25) is 4.79 Å². The van der Waals surface area contributed by atoms with Crippen LogP contribution in [0.1, 0.15) is 15.9 Å². The number of hydrogen-bond acceptors (Lipinski definition) is 3. The zero-order valence-electron chi connectivity index (χ0n) is 10.3. The van der Waals surface area contributed by atoms with E-state index in [0.29, 0.717) is 0 Å². The minimum atomic E-state index is 0.0904. The molecule has 0 aliphatic heterocycles. The molecule has 92 valence electrons. The molecule has 3 heteroatoms. The Labute approximate surface area is 116 Å². The molecule has 0 spiro atoms. The van der Waals surface area contributed by atoms with Gasteiger partial charge in [0.05, 0.1) is 0 Å². The monoisotopic (exact) mass is 274 g/mol. The minimum Gasteiger partial charge on any atom is -0.289 e. The van der Waals surface area contributed by atoms with Gasteiger partial charge < -0.3 is 0 Å². The van der Waals surface area contributed by atoms with E-state index in [0.717, 1.165) is 16.0 Å². The summed E-state index contributed by atoms with van der Waals surface area (Å²) in [6, 6.07) is 15.5. The smallest absolute Gasteiger partial charge is 0.194 e. The average Bonchev–Trinajstić information content (AvgIpc) is 2.46.